The van der Waals surface area contributed by atoms with Crippen LogP contribution in [-0.4, -0.2) is 62.4 Å². The quantitative estimate of drug-likeness (QED) is 0.511. The number of hydrogen-bond donors (Lipinski definition) is 2. The highest BCUT2D eigenvalue weighted by atomic mass is 32.2. The minimum atomic E-state index is -4.43. The second kappa shape index (κ2) is 11.9. The summed E-state index contributed by atoms with van der Waals surface area (Å²) in [6.45, 7) is 4.64. The monoisotopic (exact) mass is 553 g/mol. The van der Waals surface area contributed by atoms with E-state index < -0.39 is 21.8 Å². The average Bonchev–Trinajstić information content (AvgIpc) is 2.89. The fraction of sp³-hybridized carbons (Fsp3) is 0.538. The Morgan fingerprint density at radius 1 is 1.00 bits per heavy atom. The summed E-state index contributed by atoms with van der Waals surface area (Å²) in [7, 11) is -3.64. The molecule has 0 atom stereocenters. The summed E-state index contributed by atoms with van der Waals surface area (Å²) < 4.78 is 66.0. The van der Waals surface area contributed by atoms with Gasteiger partial charge in [-0.3, -0.25) is 4.79 Å². The topological polar surface area (TPSA) is 94.6 Å². The number of sulfonamides is 1. The molecule has 2 fully saturated rings. The lowest BCUT2D eigenvalue weighted by Crippen LogP contribution is -2.42. The average molecular weight is 554 g/mol. The summed E-state index contributed by atoms with van der Waals surface area (Å²) in [4.78, 5) is 17.4. The maximum Gasteiger partial charge on any atom is 0.417 e. The molecule has 2 saturated heterocycles. The summed E-state index contributed by atoms with van der Waals surface area (Å²) >= 11 is 0. The maximum atomic E-state index is 13.2. The van der Waals surface area contributed by atoms with Crippen molar-refractivity contribution in [3.8, 4) is 0 Å². The summed E-state index contributed by atoms with van der Waals surface area (Å²) in [6, 6.07) is 9.23. The Bertz CT molecular complexity index is 1170. The number of benzene rings is 1. The highest BCUT2D eigenvalue weighted by Crippen LogP contribution is 2.30. The van der Waals surface area contributed by atoms with Gasteiger partial charge in [0, 0.05) is 57.6 Å². The highest BCUT2D eigenvalue weighted by molar-refractivity contribution is 7.89. The number of carbonyl (C=O) groups is 1. The second-order valence-corrected chi connectivity index (χ2v) is 11.9. The van der Waals surface area contributed by atoms with Gasteiger partial charge in [0.2, 0.25) is 15.9 Å². The molecule has 2 aliphatic rings. The number of anilines is 2. The van der Waals surface area contributed by atoms with Crippen LogP contribution in [0.4, 0.5) is 24.7 Å². The van der Waals surface area contributed by atoms with Gasteiger partial charge in [0.1, 0.15) is 5.82 Å². The van der Waals surface area contributed by atoms with Crippen LogP contribution in [0.5, 0.6) is 0 Å². The molecule has 4 rings (SSSR count). The molecule has 3 heterocycles. The standard InChI is InChI=1S/C26H34F3N5O3S/c1-19(35)30-13-8-20-9-14-33(15-10-20)23-3-5-24(6-4-23)38(36,37)34-16-11-22(12-17-34)32-25-7-2-21(18-31-25)26(27,28)29/h2-7,18,20,22H,8-17H2,1H3,(H,30,35)(H,31,32). The third-order valence-corrected chi connectivity index (χ3v) is 9.19. The Morgan fingerprint density at radius 3 is 2.21 bits per heavy atom. The van der Waals surface area contributed by atoms with Crippen molar-refractivity contribution in [1.82, 2.24) is 14.6 Å². The van der Waals surface area contributed by atoms with Crippen LogP contribution in [0.1, 0.15) is 44.6 Å². The molecule has 1 amide bonds. The first kappa shape index (κ1) is 28.2. The lowest BCUT2D eigenvalue weighted by atomic mass is 9.93. The van der Waals surface area contributed by atoms with Crippen LogP contribution in [-0.2, 0) is 21.0 Å². The van der Waals surface area contributed by atoms with Crippen LogP contribution in [0, 0.1) is 5.92 Å². The molecule has 0 bridgehead atoms. The van der Waals surface area contributed by atoms with E-state index in [1.807, 2.05) is 12.1 Å². The van der Waals surface area contributed by atoms with Crippen LogP contribution in [0.25, 0.3) is 0 Å². The molecular formula is C26H34F3N5O3S. The van der Waals surface area contributed by atoms with Gasteiger partial charge in [-0.25, -0.2) is 13.4 Å². The number of piperidine rings is 2. The molecule has 0 radical (unpaired) electrons. The van der Waals surface area contributed by atoms with Crippen LogP contribution in [0.2, 0.25) is 0 Å². The zero-order valence-corrected chi connectivity index (χ0v) is 22.2. The Morgan fingerprint density at radius 2 is 1.66 bits per heavy atom. The Labute approximate surface area is 221 Å². The SMILES string of the molecule is CC(=O)NCCC1CCN(c2ccc(S(=O)(=O)N3CCC(Nc4ccc(C(F)(F)F)cn4)CC3)cc2)CC1. The highest BCUT2D eigenvalue weighted by Gasteiger charge is 2.32. The molecule has 0 unspecified atom stereocenters. The molecule has 1 aromatic heterocycles. The number of carbonyl (C=O) groups excluding carboxylic acids is 1. The first-order valence-electron chi connectivity index (χ1n) is 12.9. The summed E-state index contributed by atoms with van der Waals surface area (Å²) in [5.41, 5.74) is 0.189. The molecule has 0 spiro atoms. The molecule has 8 nitrogen and oxygen atoms in total. The van der Waals surface area contributed by atoms with Crippen LogP contribution in [0.15, 0.2) is 47.5 Å². The predicted octanol–water partition coefficient (Wildman–Crippen LogP) is 4.11. The van der Waals surface area contributed by atoms with Gasteiger partial charge in [0.15, 0.2) is 0 Å². The van der Waals surface area contributed by atoms with E-state index in [4.69, 9.17) is 0 Å². The van der Waals surface area contributed by atoms with Gasteiger partial charge in [0.05, 0.1) is 10.5 Å². The van der Waals surface area contributed by atoms with Gasteiger partial charge in [-0.1, -0.05) is 0 Å². The summed E-state index contributed by atoms with van der Waals surface area (Å²) in [6.07, 6.45) is 0.443. The summed E-state index contributed by atoms with van der Waals surface area (Å²) in [5.74, 6) is 0.908. The minimum absolute atomic E-state index is 0.00558. The van der Waals surface area contributed by atoms with Crippen molar-refractivity contribution < 1.29 is 26.4 Å². The van der Waals surface area contributed by atoms with Gasteiger partial charge >= 0.3 is 6.18 Å². The first-order valence-corrected chi connectivity index (χ1v) is 14.4. The van der Waals surface area contributed by atoms with Crippen molar-refractivity contribution in [1.29, 1.82) is 0 Å². The number of alkyl halides is 3. The van der Waals surface area contributed by atoms with Gasteiger partial charge in [-0.15, -0.1) is 0 Å². The molecule has 2 N–H and O–H groups in total. The number of amides is 1. The minimum Gasteiger partial charge on any atom is -0.372 e. The summed E-state index contributed by atoms with van der Waals surface area (Å²) in [5, 5.41) is 5.96. The van der Waals surface area contributed by atoms with Crippen LogP contribution in [0.3, 0.4) is 0 Å². The molecule has 1 aromatic carbocycles. The van der Waals surface area contributed by atoms with E-state index in [1.54, 1.807) is 12.1 Å². The molecular weight excluding hydrogens is 519 g/mol. The number of pyridine rings is 1. The number of aromatic nitrogens is 1. The fourth-order valence-corrected chi connectivity index (χ4v) is 6.48. The normalized spacial score (nSPS) is 18.4. The van der Waals surface area contributed by atoms with Crippen molar-refractivity contribution in [3.63, 3.8) is 0 Å². The molecule has 208 valence electrons. The van der Waals surface area contributed by atoms with Crippen molar-refractivity contribution in [2.45, 2.75) is 56.1 Å². The van der Waals surface area contributed by atoms with Crippen molar-refractivity contribution in [3.05, 3.63) is 48.2 Å². The number of halogens is 3. The smallest absolute Gasteiger partial charge is 0.372 e. The third-order valence-electron chi connectivity index (χ3n) is 7.28. The third kappa shape index (κ3) is 7.16. The Balaban J connectivity index is 1.26. The number of hydrogen-bond acceptors (Lipinski definition) is 6. The van der Waals surface area contributed by atoms with Gasteiger partial charge in [-0.2, -0.15) is 17.5 Å². The van der Waals surface area contributed by atoms with Crippen molar-refractivity contribution in [2.24, 2.45) is 5.92 Å². The molecule has 0 saturated carbocycles. The first-order chi connectivity index (χ1) is 18.0. The van der Waals surface area contributed by atoms with E-state index in [0.29, 0.717) is 44.2 Å². The second-order valence-electron chi connectivity index (χ2n) is 9.95. The van der Waals surface area contributed by atoms with Crippen LogP contribution >= 0.6 is 0 Å². The van der Waals surface area contributed by atoms with Crippen molar-refractivity contribution >= 4 is 27.4 Å². The lowest BCUT2D eigenvalue weighted by Gasteiger charge is -2.34. The predicted molar refractivity (Wildman–Crippen MR) is 139 cm³/mol. The van der Waals surface area contributed by atoms with Gasteiger partial charge in [-0.05, 0) is 74.4 Å². The number of nitrogens with one attached hydrogen (secondary N) is 2. The van der Waals surface area contributed by atoms with Gasteiger partial charge in [0.25, 0.3) is 0 Å². The van der Waals surface area contributed by atoms with Gasteiger partial charge < -0.3 is 15.5 Å². The Hall–Kier alpha value is -2.86. The fourth-order valence-electron chi connectivity index (χ4n) is 5.01. The van der Waals surface area contributed by atoms with E-state index in [1.165, 1.54) is 17.3 Å². The van der Waals surface area contributed by atoms with E-state index in [0.717, 1.165) is 50.3 Å². The number of rotatable bonds is 8. The molecule has 2 aromatic rings. The molecule has 2 aliphatic heterocycles. The maximum absolute atomic E-state index is 13.2. The zero-order valence-electron chi connectivity index (χ0n) is 21.4. The van der Waals surface area contributed by atoms with E-state index in [2.05, 4.69) is 20.5 Å². The van der Waals surface area contributed by atoms with E-state index >= 15 is 0 Å². The Kier molecular flexibility index (Phi) is 8.81. The van der Waals surface area contributed by atoms with Crippen LogP contribution < -0.4 is 15.5 Å². The lowest BCUT2D eigenvalue weighted by molar-refractivity contribution is -0.137. The van der Waals surface area contributed by atoms with Crippen molar-refractivity contribution in [2.75, 3.05) is 42.9 Å². The largest absolute Gasteiger partial charge is 0.417 e. The zero-order chi connectivity index (χ0) is 27.3. The molecule has 12 heteroatoms. The molecule has 0 aliphatic carbocycles. The van der Waals surface area contributed by atoms with E-state index in [-0.39, 0.29) is 16.8 Å². The molecule has 38 heavy (non-hydrogen) atoms. The van der Waals surface area contributed by atoms with E-state index in [9.17, 15) is 26.4 Å². The number of nitrogens with zero attached hydrogens (tertiary/aromatic N) is 3.